The van der Waals surface area contributed by atoms with Gasteiger partial charge in [-0.05, 0) is 30.9 Å². The molecule has 0 bridgehead atoms. The molecule has 3 nitrogen and oxygen atoms in total. The van der Waals surface area contributed by atoms with Crippen LogP contribution in [-0.2, 0) is 4.79 Å². The number of primary amides is 1. The van der Waals surface area contributed by atoms with Crippen LogP contribution in [0.3, 0.4) is 0 Å². The van der Waals surface area contributed by atoms with Gasteiger partial charge >= 0.3 is 0 Å². The zero-order chi connectivity index (χ0) is 11.0. The molecule has 0 aromatic rings. The van der Waals surface area contributed by atoms with Gasteiger partial charge in [-0.1, -0.05) is 20.3 Å². The Kier molecular flexibility index (Phi) is 7.99. The van der Waals surface area contributed by atoms with Crippen LogP contribution < -0.4 is 11.1 Å². The number of hydrogen-bond acceptors (Lipinski definition) is 3. The first kappa shape index (κ1) is 13.8. The molecule has 0 saturated carbocycles. The van der Waals surface area contributed by atoms with Crippen LogP contribution in [0.4, 0.5) is 0 Å². The van der Waals surface area contributed by atoms with E-state index >= 15 is 0 Å². The average molecular weight is 218 g/mol. The van der Waals surface area contributed by atoms with Crippen LogP contribution in [0.15, 0.2) is 0 Å². The highest BCUT2D eigenvalue weighted by molar-refractivity contribution is 7.99. The van der Waals surface area contributed by atoms with Gasteiger partial charge in [0.1, 0.15) is 0 Å². The number of rotatable bonds is 8. The van der Waals surface area contributed by atoms with Crippen molar-refractivity contribution < 1.29 is 4.79 Å². The molecule has 14 heavy (non-hydrogen) atoms. The van der Waals surface area contributed by atoms with Crippen LogP contribution in [0.5, 0.6) is 0 Å². The number of thioether (sulfide) groups is 1. The van der Waals surface area contributed by atoms with E-state index in [1.807, 2.05) is 11.8 Å². The zero-order valence-corrected chi connectivity index (χ0v) is 10.2. The summed E-state index contributed by atoms with van der Waals surface area (Å²) in [4.78, 5) is 10.9. The lowest BCUT2D eigenvalue weighted by molar-refractivity contribution is -0.119. The molecule has 4 heteroatoms. The van der Waals surface area contributed by atoms with Crippen molar-refractivity contribution in [2.45, 2.75) is 32.7 Å². The fourth-order valence-electron chi connectivity index (χ4n) is 1.03. The van der Waals surface area contributed by atoms with Crippen LogP contribution in [0, 0.1) is 5.92 Å². The summed E-state index contributed by atoms with van der Waals surface area (Å²) >= 11 is 1.90. The molecule has 2 unspecified atom stereocenters. The Bertz CT molecular complexity index is 164. The molecule has 0 aromatic heterocycles. The number of likely N-dealkylation sites (N-methyl/N-ethyl adjacent to an activating group) is 1. The highest BCUT2D eigenvalue weighted by Crippen LogP contribution is 2.12. The van der Waals surface area contributed by atoms with Crippen molar-refractivity contribution in [3.05, 3.63) is 0 Å². The van der Waals surface area contributed by atoms with Crippen LogP contribution in [0.2, 0.25) is 0 Å². The SMILES string of the molecule is CCC(C)CSCCC(NC)C(N)=O. The first-order valence-electron chi connectivity index (χ1n) is 5.16. The number of nitrogens with two attached hydrogens (primary N) is 1. The minimum atomic E-state index is -0.253. The average Bonchev–Trinajstić information content (AvgIpc) is 2.16. The van der Waals surface area contributed by atoms with Crippen molar-refractivity contribution in [3.63, 3.8) is 0 Å². The minimum absolute atomic E-state index is 0.167. The highest BCUT2D eigenvalue weighted by atomic mass is 32.2. The molecule has 1 amide bonds. The maximum absolute atomic E-state index is 10.9. The standard InChI is InChI=1S/C10H22N2OS/c1-4-8(2)7-14-6-5-9(12-3)10(11)13/h8-9,12H,4-7H2,1-3H3,(H2,11,13). The Morgan fingerprint density at radius 2 is 2.21 bits per heavy atom. The summed E-state index contributed by atoms with van der Waals surface area (Å²) in [5.41, 5.74) is 5.20. The summed E-state index contributed by atoms with van der Waals surface area (Å²) in [5, 5.41) is 2.92. The maximum atomic E-state index is 10.9. The van der Waals surface area contributed by atoms with Crippen molar-refractivity contribution in [3.8, 4) is 0 Å². The molecule has 0 heterocycles. The fourth-order valence-corrected chi connectivity index (χ4v) is 2.24. The lowest BCUT2D eigenvalue weighted by Gasteiger charge is -2.12. The van der Waals surface area contributed by atoms with Gasteiger partial charge in [0.05, 0.1) is 6.04 Å². The molecule has 0 aliphatic heterocycles. The molecule has 0 aliphatic carbocycles. The number of hydrogen-bond donors (Lipinski definition) is 2. The largest absolute Gasteiger partial charge is 0.368 e. The van der Waals surface area contributed by atoms with Crippen molar-refractivity contribution in [2.24, 2.45) is 11.7 Å². The van der Waals surface area contributed by atoms with E-state index < -0.39 is 0 Å². The lowest BCUT2D eigenvalue weighted by Crippen LogP contribution is -2.39. The van der Waals surface area contributed by atoms with Gasteiger partial charge in [0.25, 0.3) is 0 Å². The predicted octanol–water partition coefficient (Wildman–Crippen LogP) is 1.23. The van der Waals surface area contributed by atoms with Crippen LogP contribution in [0.25, 0.3) is 0 Å². The van der Waals surface area contributed by atoms with Gasteiger partial charge < -0.3 is 11.1 Å². The van der Waals surface area contributed by atoms with Crippen molar-refractivity contribution in [1.82, 2.24) is 5.32 Å². The third-order valence-electron chi connectivity index (χ3n) is 2.34. The van der Waals surface area contributed by atoms with Gasteiger partial charge in [0, 0.05) is 0 Å². The summed E-state index contributed by atoms with van der Waals surface area (Å²) in [6.07, 6.45) is 2.05. The zero-order valence-electron chi connectivity index (χ0n) is 9.38. The molecular formula is C10H22N2OS. The molecular weight excluding hydrogens is 196 g/mol. The first-order chi connectivity index (χ1) is 6.61. The summed E-state index contributed by atoms with van der Waals surface area (Å²) in [7, 11) is 1.77. The fraction of sp³-hybridized carbons (Fsp3) is 0.900. The van der Waals surface area contributed by atoms with Gasteiger partial charge in [-0.15, -0.1) is 0 Å². The molecule has 0 saturated heterocycles. The number of carbonyl (C=O) groups is 1. The first-order valence-corrected chi connectivity index (χ1v) is 6.31. The van der Waals surface area contributed by atoms with E-state index in [4.69, 9.17) is 5.73 Å². The normalized spacial score (nSPS) is 15.1. The predicted molar refractivity (Wildman–Crippen MR) is 63.4 cm³/mol. The summed E-state index contributed by atoms with van der Waals surface area (Å²) < 4.78 is 0. The molecule has 0 aliphatic rings. The molecule has 0 rings (SSSR count). The van der Waals surface area contributed by atoms with E-state index in [-0.39, 0.29) is 11.9 Å². The number of carbonyl (C=O) groups excluding carboxylic acids is 1. The van der Waals surface area contributed by atoms with E-state index in [2.05, 4.69) is 19.2 Å². The van der Waals surface area contributed by atoms with E-state index in [0.717, 1.165) is 18.1 Å². The number of amides is 1. The third-order valence-corrected chi connectivity index (χ3v) is 3.67. The third kappa shape index (κ3) is 6.27. The number of nitrogens with one attached hydrogen (secondary N) is 1. The lowest BCUT2D eigenvalue weighted by atomic mass is 10.2. The second-order valence-electron chi connectivity index (χ2n) is 3.62. The smallest absolute Gasteiger partial charge is 0.234 e. The Morgan fingerprint density at radius 1 is 1.57 bits per heavy atom. The van der Waals surface area contributed by atoms with Crippen LogP contribution in [-0.4, -0.2) is 30.5 Å². The quantitative estimate of drug-likeness (QED) is 0.603. The molecule has 0 fully saturated rings. The van der Waals surface area contributed by atoms with E-state index in [9.17, 15) is 4.79 Å². The highest BCUT2D eigenvalue weighted by Gasteiger charge is 2.11. The monoisotopic (exact) mass is 218 g/mol. The topological polar surface area (TPSA) is 55.1 Å². The van der Waals surface area contributed by atoms with E-state index in [0.29, 0.717) is 0 Å². The van der Waals surface area contributed by atoms with E-state index in [1.165, 1.54) is 12.2 Å². The Balaban J connectivity index is 3.47. The summed E-state index contributed by atoms with van der Waals surface area (Å²) in [6.45, 7) is 4.45. The van der Waals surface area contributed by atoms with Crippen molar-refractivity contribution in [1.29, 1.82) is 0 Å². The molecule has 2 atom stereocenters. The minimum Gasteiger partial charge on any atom is -0.368 e. The second kappa shape index (κ2) is 8.12. The van der Waals surface area contributed by atoms with E-state index in [1.54, 1.807) is 7.05 Å². The summed E-state index contributed by atoms with van der Waals surface area (Å²) in [6, 6.07) is -0.167. The van der Waals surface area contributed by atoms with Crippen molar-refractivity contribution >= 4 is 17.7 Å². The summed E-state index contributed by atoms with van der Waals surface area (Å²) in [5.74, 6) is 2.68. The van der Waals surface area contributed by atoms with Gasteiger partial charge in [0.15, 0.2) is 0 Å². The second-order valence-corrected chi connectivity index (χ2v) is 4.77. The van der Waals surface area contributed by atoms with Gasteiger partial charge in [-0.3, -0.25) is 4.79 Å². The van der Waals surface area contributed by atoms with Gasteiger partial charge in [-0.25, -0.2) is 0 Å². The Morgan fingerprint density at radius 3 is 2.64 bits per heavy atom. The molecule has 84 valence electrons. The Labute approximate surface area is 91.2 Å². The molecule has 3 N–H and O–H groups in total. The van der Waals surface area contributed by atoms with Crippen molar-refractivity contribution in [2.75, 3.05) is 18.6 Å². The van der Waals surface area contributed by atoms with Crippen LogP contribution in [0.1, 0.15) is 26.7 Å². The molecule has 0 aromatic carbocycles. The van der Waals surface area contributed by atoms with Gasteiger partial charge in [0.2, 0.25) is 5.91 Å². The molecule has 0 radical (unpaired) electrons. The van der Waals surface area contributed by atoms with Gasteiger partial charge in [-0.2, -0.15) is 11.8 Å². The Hall–Kier alpha value is -0.220. The van der Waals surface area contributed by atoms with Crippen LogP contribution >= 0.6 is 11.8 Å². The molecule has 0 spiro atoms. The maximum Gasteiger partial charge on any atom is 0.234 e.